The van der Waals surface area contributed by atoms with Crippen LogP contribution in [0.4, 0.5) is 4.79 Å². The lowest BCUT2D eigenvalue weighted by atomic mass is 10.1. The van der Waals surface area contributed by atoms with Crippen molar-refractivity contribution in [3.05, 3.63) is 22.4 Å². The average molecular weight is 323 g/mol. The average Bonchev–Trinajstić information content (AvgIpc) is 3.19. The summed E-state index contributed by atoms with van der Waals surface area (Å²) < 4.78 is 5.50. The van der Waals surface area contributed by atoms with Crippen molar-refractivity contribution in [3.63, 3.8) is 0 Å². The number of rotatable bonds is 3. The minimum absolute atomic E-state index is 0.0604. The molecular formula is C16H25N3O2S. The third kappa shape index (κ3) is 3.45. The molecule has 0 saturated carbocycles. The molecule has 1 aromatic rings. The predicted octanol–water partition coefficient (Wildman–Crippen LogP) is 2.31. The summed E-state index contributed by atoms with van der Waals surface area (Å²) in [5.41, 5.74) is 1.37. The second-order valence-electron chi connectivity index (χ2n) is 6.18. The van der Waals surface area contributed by atoms with Gasteiger partial charge in [-0.15, -0.1) is 0 Å². The molecule has 2 fully saturated rings. The Bertz CT molecular complexity index is 486. The van der Waals surface area contributed by atoms with Crippen molar-refractivity contribution in [1.82, 2.24) is 15.1 Å². The Kier molecular flexibility index (Phi) is 5.00. The molecule has 5 nitrogen and oxygen atoms in total. The molecule has 1 aromatic heterocycles. The fraction of sp³-hybridized carbons (Fsp3) is 0.688. The maximum absolute atomic E-state index is 12.3. The third-order valence-corrected chi connectivity index (χ3v) is 5.56. The monoisotopic (exact) mass is 323 g/mol. The summed E-state index contributed by atoms with van der Waals surface area (Å²) in [6.45, 7) is 8.47. The number of carbonyl (C=O) groups is 1. The van der Waals surface area contributed by atoms with Crippen LogP contribution in [0.2, 0.25) is 0 Å². The molecule has 0 spiro atoms. The molecule has 1 N–H and O–H groups in total. The van der Waals surface area contributed by atoms with Gasteiger partial charge in [-0.2, -0.15) is 11.3 Å². The van der Waals surface area contributed by atoms with E-state index >= 15 is 0 Å². The van der Waals surface area contributed by atoms with E-state index in [0.29, 0.717) is 6.04 Å². The number of piperazine rings is 1. The van der Waals surface area contributed by atoms with Crippen LogP contribution in [-0.4, -0.2) is 60.8 Å². The van der Waals surface area contributed by atoms with E-state index < -0.39 is 0 Å². The Balaban J connectivity index is 1.48. The summed E-state index contributed by atoms with van der Waals surface area (Å²) in [5, 5.41) is 7.45. The zero-order valence-electron chi connectivity index (χ0n) is 13.3. The highest BCUT2D eigenvalue weighted by molar-refractivity contribution is 7.07. The van der Waals surface area contributed by atoms with Crippen molar-refractivity contribution in [2.75, 3.05) is 32.8 Å². The highest BCUT2D eigenvalue weighted by atomic mass is 32.1. The van der Waals surface area contributed by atoms with Gasteiger partial charge in [0.25, 0.3) is 0 Å². The number of carbonyl (C=O) groups excluding carboxylic acids is 1. The first-order valence-electron chi connectivity index (χ1n) is 8.08. The second-order valence-corrected chi connectivity index (χ2v) is 6.96. The molecular weight excluding hydrogens is 298 g/mol. The maximum Gasteiger partial charge on any atom is 0.317 e. The molecule has 0 bridgehead atoms. The molecule has 3 rings (SSSR count). The standard InChI is InChI=1S/C16H25N3O2S/c1-12(14-4-10-22-11-14)18-5-7-19(8-6-18)16(20)17-15-3-9-21-13(15)2/h4,10-13,15H,3,5-9H2,1-2H3,(H,17,20)/t12-,13+,15-/m1/s1. The van der Waals surface area contributed by atoms with Gasteiger partial charge in [-0.3, -0.25) is 4.90 Å². The number of ether oxygens (including phenoxy) is 1. The summed E-state index contributed by atoms with van der Waals surface area (Å²) in [6.07, 6.45) is 1.05. The molecule has 3 atom stereocenters. The normalized spacial score (nSPS) is 27.8. The molecule has 0 aliphatic carbocycles. The topological polar surface area (TPSA) is 44.8 Å². The van der Waals surface area contributed by atoms with Crippen molar-refractivity contribution < 1.29 is 9.53 Å². The Morgan fingerprint density at radius 1 is 1.41 bits per heavy atom. The molecule has 6 heteroatoms. The molecule has 0 aromatic carbocycles. The van der Waals surface area contributed by atoms with Crippen molar-refractivity contribution in [1.29, 1.82) is 0 Å². The number of hydrogen-bond acceptors (Lipinski definition) is 4. The third-order valence-electron chi connectivity index (χ3n) is 4.86. The van der Waals surface area contributed by atoms with Crippen molar-refractivity contribution in [2.45, 2.75) is 38.5 Å². The van der Waals surface area contributed by atoms with Gasteiger partial charge in [-0.05, 0) is 42.7 Å². The van der Waals surface area contributed by atoms with E-state index in [1.54, 1.807) is 11.3 Å². The number of thiophene rings is 1. The lowest BCUT2D eigenvalue weighted by Gasteiger charge is -2.38. The molecule has 2 saturated heterocycles. The Hall–Kier alpha value is -1.11. The van der Waals surface area contributed by atoms with Crippen LogP contribution in [0.3, 0.4) is 0 Å². The zero-order valence-corrected chi connectivity index (χ0v) is 14.1. The van der Waals surface area contributed by atoms with Crippen LogP contribution in [0.1, 0.15) is 31.9 Å². The highest BCUT2D eigenvalue weighted by Gasteiger charge is 2.29. The molecule has 0 unspecified atom stereocenters. The molecule has 2 aliphatic heterocycles. The van der Waals surface area contributed by atoms with Gasteiger partial charge in [-0.25, -0.2) is 4.79 Å². The van der Waals surface area contributed by atoms with Gasteiger partial charge in [0.1, 0.15) is 0 Å². The minimum atomic E-state index is 0.0604. The first kappa shape index (κ1) is 15.8. The summed E-state index contributed by atoms with van der Waals surface area (Å²) >= 11 is 1.74. The molecule has 122 valence electrons. The molecule has 2 aliphatic rings. The summed E-state index contributed by atoms with van der Waals surface area (Å²) in [7, 11) is 0. The van der Waals surface area contributed by atoms with E-state index in [0.717, 1.165) is 39.2 Å². The number of nitrogens with one attached hydrogen (secondary N) is 1. The summed E-state index contributed by atoms with van der Waals surface area (Å²) in [4.78, 5) is 16.7. The highest BCUT2D eigenvalue weighted by Crippen LogP contribution is 2.23. The largest absolute Gasteiger partial charge is 0.376 e. The van der Waals surface area contributed by atoms with Crippen LogP contribution in [0, 0.1) is 0 Å². The second kappa shape index (κ2) is 6.98. The van der Waals surface area contributed by atoms with Gasteiger partial charge >= 0.3 is 6.03 Å². The van der Waals surface area contributed by atoms with Gasteiger partial charge in [0, 0.05) is 38.8 Å². The van der Waals surface area contributed by atoms with Crippen LogP contribution in [0.15, 0.2) is 16.8 Å². The zero-order chi connectivity index (χ0) is 15.5. The molecule has 2 amide bonds. The van der Waals surface area contributed by atoms with E-state index in [-0.39, 0.29) is 18.2 Å². The Labute approximate surface area is 136 Å². The van der Waals surface area contributed by atoms with Crippen LogP contribution in [-0.2, 0) is 4.74 Å². The van der Waals surface area contributed by atoms with E-state index in [4.69, 9.17) is 4.74 Å². The molecule has 22 heavy (non-hydrogen) atoms. The van der Waals surface area contributed by atoms with Crippen molar-refractivity contribution >= 4 is 17.4 Å². The Morgan fingerprint density at radius 2 is 2.18 bits per heavy atom. The van der Waals surface area contributed by atoms with E-state index in [2.05, 4.69) is 34.0 Å². The van der Waals surface area contributed by atoms with Crippen molar-refractivity contribution in [2.24, 2.45) is 0 Å². The van der Waals surface area contributed by atoms with Crippen LogP contribution in [0.25, 0.3) is 0 Å². The minimum Gasteiger partial charge on any atom is -0.376 e. The fourth-order valence-corrected chi connectivity index (χ4v) is 3.95. The number of amides is 2. The quantitative estimate of drug-likeness (QED) is 0.928. The fourth-order valence-electron chi connectivity index (χ4n) is 3.21. The number of urea groups is 1. The lowest BCUT2D eigenvalue weighted by molar-refractivity contribution is 0.100. The summed E-state index contributed by atoms with van der Waals surface area (Å²) in [5.74, 6) is 0. The lowest BCUT2D eigenvalue weighted by Crippen LogP contribution is -2.54. The smallest absolute Gasteiger partial charge is 0.317 e. The molecule has 0 radical (unpaired) electrons. The first-order valence-corrected chi connectivity index (χ1v) is 9.02. The maximum atomic E-state index is 12.3. The molecule has 3 heterocycles. The van der Waals surface area contributed by atoms with E-state index in [1.807, 2.05) is 11.8 Å². The van der Waals surface area contributed by atoms with Crippen LogP contribution in [0.5, 0.6) is 0 Å². The first-order chi connectivity index (χ1) is 10.6. The van der Waals surface area contributed by atoms with Crippen molar-refractivity contribution in [3.8, 4) is 0 Å². The van der Waals surface area contributed by atoms with E-state index in [1.165, 1.54) is 5.56 Å². The number of hydrogen-bond donors (Lipinski definition) is 1. The van der Waals surface area contributed by atoms with Gasteiger partial charge in [0.15, 0.2) is 0 Å². The Morgan fingerprint density at radius 3 is 2.77 bits per heavy atom. The van der Waals surface area contributed by atoms with Crippen LogP contribution < -0.4 is 5.32 Å². The predicted molar refractivity (Wildman–Crippen MR) is 88.2 cm³/mol. The van der Waals surface area contributed by atoms with E-state index in [9.17, 15) is 4.79 Å². The SMILES string of the molecule is C[C@@H]1OCC[C@H]1NC(=O)N1CCN([C@H](C)c2ccsc2)CC1. The van der Waals surface area contributed by atoms with Crippen LogP contribution >= 0.6 is 11.3 Å². The summed E-state index contributed by atoms with van der Waals surface area (Å²) in [6, 6.07) is 2.84. The van der Waals surface area contributed by atoms with Gasteiger partial charge in [0.05, 0.1) is 12.1 Å². The van der Waals surface area contributed by atoms with Gasteiger partial charge < -0.3 is 15.0 Å². The van der Waals surface area contributed by atoms with Gasteiger partial charge in [0.2, 0.25) is 0 Å². The number of nitrogens with zero attached hydrogens (tertiary/aromatic N) is 2. The van der Waals surface area contributed by atoms with Gasteiger partial charge in [-0.1, -0.05) is 0 Å².